The Morgan fingerprint density at radius 2 is 1.62 bits per heavy atom. The normalized spacial score (nSPS) is 13.7. The lowest BCUT2D eigenvalue weighted by atomic mass is 9.87. The predicted molar refractivity (Wildman–Crippen MR) is 79.0 cm³/mol. The molecule has 0 fully saturated rings. The molecule has 0 aliphatic carbocycles. The highest BCUT2D eigenvalue weighted by molar-refractivity contribution is 7.97. The molecular formula is C13H32N2S. The van der Waals surface area contributed by atoms with Gasteiger partial charge in [-0.05, 0) is 19.5 Å². The van der Waals surface area contributed by atoms with Crippen LogP contribution in [0, 0.1) is 5.41 Å². The lowest BCUT2D eigenvalue weighted by Crippen LogP contribution is -2.44. The van der Waals surface area contributed by atoms with Gasteiger partial charge in [-0.2, -0.15) is 0 Å². The monoisotopic (exact) mass is 248 g/mol. The summed E-state index contributed by atoms with van der Waals surface area (Å²) in [5, 5.41) is 4.06. The van der Waals surface area contributed by atoms with Gasteiger partial charge in [0.1, 0.15) is 0 Å². The highest BCUT2D eigenvalue weighted by Gasteiger charge is 2.24. The number of rotatable bonds is 5. The van der Waals surface area contributed by atoms with E-state index < -0.39 is 0 Å². The standard InChI is InChI=1S/C11H26N2S.C2H6/c1-9(2)14-13(7)8-10(12-6)11(3,4)5;1-2/h9-10,12H,8H2,1-7H3;1-2H3. The zero-order valence-electron chi connectivity index (χ0n) is 12.7. The molecule has 0 heterocycles. The Morgan fingerprint density at radius 3 is 1.88 bits per heavy atom. The summed E-state index contributed by atoms with van der Waals surface area (Å²) in [6.07, 6.45) is 0. The maximum atomic E-state index is 3.39. The summed E-state index contributed by atoms with van der Waals surface area (Å²) in [6.45, 7) is 16.4. The second kappa shape index (κ2) is 9.32. The first-order valence-electron chi connectivity index (χ1n) is 6.32. The number of hydrogen-bond acceptors (Lipinski definition) is 3. The van der Waals surface area contributed by atoms with Crippen molar-refractivity contribution in [3.05, 3.63) is 0 Å². The summed E-state index contributed by atoms with van der Waals surface area (Å²) in [5.41, 5.74) is 0.320. The quantitative estimate of drug-likeness (QED) is 0.748. The number of nitrogens with zero attached hydrogens (tertiary/aromatic N) is 1. The highest BCUT2D eigenvalue weighted by atomic mass is 32.2. The Labute approximate surface area is 108 Å². The summed E-state index contributed by atoms with van der Waals surface area (Å²) >= 11 is 1.91. The van der Waals surface area contributed by atoms with Crippen molar-refractivity contribution < 1.29 is 0 Å². The predicted octanol–water partition coefficient (Wildman–Crippen LogP) is 3.64. The fraction of sp³-hybridized carbons (Fsp3) is 1.00. The summed E-state index contributed by atoms with van der Waals surface area (Å²) in [7, 11) is 4.21. The molecule has 16 heavy (non-hydrogen) atoms. The molecule has 1 N–H and O–H groups in total. The molecule has 0 aromatic carbocycles. The molecule has 100 valence electrons. The Bertz CT molecular complexity index is 153. The third-order valence-corrected chi connectivity index (χ3v) is 3.15. The van der Waals surface area contributed by atoms with Crippen molar-refractivity contribution in [2.75, 3.05) is 20.6 Å². The Morgan fingerprint density at radius 1 is 1.19 bits per heavy atom. The fourth-order valence-electron chi connectivity index (χ4n) is 1.46. The van der Waals surface area contributed by atoms with Crippen LogP contribution in [-0.4, -0.2) is 36.2 Å². The van der Waals surface area contributed by atoms with Gasteiger partial charge < -0.3 is 5.32 Å². The van der Waals surface area contributed by atoms with Gasteiger partial charge in [0.25, 0.3) is 0 Å². The first-order valence-corrected chi connectivity index (χ1v) is 7.16. The van der Waals surface area contributed by atoms with Gasteiger partial charge in [0.15, 0.2) is 0 Å². The van der Waals surface area contributed by atoms with Crippen LogP contribution in [0.4, 0.5) is 0 Å². The molecule has 1 atom stereocenters. The first kappa shape index (κ1) is 18.6. The van der Waals surface area contributed by atoms with Crippen LogP contribution in [0.5, 0.6) is 0 Å². The SMILES string of the molecule is CC.CNC(CN(C)SC(C)C)C(C)(C)C. The maximum absolute atomic E-state index is 3.39. The maximum Gasteiger partial charge on any atom is 0.0249 e. The van der Waals surface area contributed by atoms with Crippen molar-refractivity contribution in [1.82, 2.24) is 9.62 Å². The lowest BCUT2D eigenvalue weighted by Gasteiger charge is -2.33. The minimum atomic E-state index is 0.320. The van der Waals surface area contributed by atoms with Gasteiger partial charge in [0, 0.05) is 17.8 Å². The van der Waals surface area contributed by atoms with E-state index in [4.69, 9.17) is 0 Å². The topological polar surface area (TPSA) is 15.3 Å². The van der Waals surface area contributed by atoms with Crippen LogP contribution in [-0.2, 0) is 0 Å². The molecule has 2 nitrogen and oxygen atoms in total. The van der Waals surface area contributed by atoms with Crippen molar-refractivity contribution >= 4 is 11.9 Å². The molecule has 1 unspecified atom stereocenters. The molecular weight excluding hydrogens is 216 g/mol. The van der Waals surface area contributed by atoms with Crippen molar-refractivity contribution in [1.29, 1.82) is 0 Å². The minimum absolute atomic E-state index is 0.320. The second-order valence-electron chi connectivity index (χ2n) is 5.17. The molecule has 0 aromatic rings. The van der Waals surface area contributed by atoms with E-state index in [9.17, 15) is 0 Å². The lowest BCUT2D eigenvalue weighted by molar-refractivity contribution is 0.252. The molecule has 0 spiro atoms. The Hall–Kier alpha value is 0.270. The van der Waals surface area contributed by atoms with E-state index in [1.54, 1.807) is 0 Å². The largest absolute Gasteiger partial charge is 0.315 e. The molecule has 0 saturated carbocycles. The zero-order valence-corrected chi connectivity index (χ0v) is 13.5. The Balaban J connectivity index is 0. The van der Waals surface area contributed by atoms with E-state index in [0.29, 0.717) is 16.7 Å². The van der Waals surface area contributed by atoms with Crippen LogP contribution in [0.3, 0.4) is 0 Å². The van der Waals surface area contributed by atoms with Crippen LogP contribution >= 0.6 is 11.9 Å². The van der Waals surface area contributed by atoms with Gasteiger partial charge in [-0.25, -0.2) is 0 Å². The van der Waals surface area contributed by atoms with Crippen molar-refractivity contribution in [3.63, 3.8) is 0 Å². The van der Waals surface area contributed by atoms with Crippen molar-refractivity contribution in [3.8, 4) is 0 Å². The van der Waals surface area contributed by atoms with Gasteiger partial charge in [0.05, 0.1) is 0 Å². The highest BCUT2D eigenvalue weighted by Crippen LogP contribution is 2.22. The molecule has 0 radical (unpaired) electrons. The van der Waals surface area contributed by atoms with Crippen LogP contribution < -0.4 is 5.32 Å². The summed E-state index contributed by atoms with van der Waals surface area (Å²) in [4.78, 5) is 0. The second-order valence-corrected chi connectivity index (χ2v) is 6.95. The third kappa shape index (κ3) is 9.49. The number of hydrogen-bond donors (Lipinski definition) is 1. The van der Waals surface area contributed by atoms with Gasteiger partial charge in [-0.1, -0.05) is 60.4 Å². The summed E-state index contributed by atoms with van der Waals surface area (Å²) < 4.78 is 2.33. The van der Waals surface area contributed by atoms with Crippen LogP contribution in [0.15, 0.2) is 0 Å². The summed E-state index contributed by atoms with van der Waals surface area (Å²) in [5.74, 6) is 0. The van der Waals surface area contributed by atoms with E-state index in [1.165, 1.54) is 0 Å². The molecule has 0 rings (SSSR count). The fourth-order valence-corrected chi connectivity index (χ4v) is 2.41. The molecule has 0 bridgehead atoms. The van der Waals surface area contributed by atoms with Crippen LogP contribution in [0.2, 0.25) is 0 Å². The van der Waals surface area contributed by atoms with Gasteiger partial charge in [-0.3, -0.25) is 4.31 Å². The zero-order chi connectivity index (χ0) is 13.4. The molecule has 0 aliphatic rings. The number of likely N-dealkylation sites (N-methyl/N-ethyl adjacent to an activating group) is 2. The van der Waals surface area contributed by atoms with Gasteiger partial charge in [-0.15, -0.1) is 0 Å². The average Bonchev–Trinajstić information content (AvgIpc) is 2.14. The minimum Gasteiger partial charge on any atom is -0.315 e. The average molecular weight is 248 g/mol. The van der Waals surface area contributed by atoms with E-state index >= 15 is 0 Å². The van der Waals surface area contributed by atoms with Crippen molar-refractivity contribution in [2.24, 2.45) is 5.41 Å². The molecule has 0 aliphatic heterocycles. The molecule has 3 heteroatoms. The van der Waals surface area contributed by atoms with Crippen LogP contribution in [0.25, 0.3) is 0 Å². The number of nitrogens with one attached hydrogen (secondary N) is 1. The van der Waals surface area contributed by atoms with E-state index in [2.05, 4.69) is 51.3 Å². The van der Waals surface area contributed by atoms with E-state index in [1.807, 2.05) is 32.8 Å². The Kier molecular flexibility index (Phi) is 10.8. The van der Waals surface area contributed by atoms with Gasteiger partial charge in [0.2, 0.25) is 0 Å². The van der Waals surface area contributed by atoms with Crippen LogP contribution in [0.1, 0.15) is 48.5 Å². The molecule has 0 amide bonds. The molecule has 0 aromatic heterocycles. The van der Waals surface area contributed by atoms with Gasteiger partial charge >= 0.3 is 0 Å². The van der Waals surface area contributed by atoms with E-state index in [-0.39, 0.29) is 0 Å². The molecule has 0 saturated heterocycles. The van der Waals surface area contributed by atoms with E-state index in [0.717, 1.165) is 6.54 Å². The summed E-state index contributed by atoms with van der Waals surface area (Å²) in [6, 6.07) is 0.541. The third-order valence-electron chi connectivity index (χ3n) is 2.22. The smallest absolute Gasteiger partial charge is 0.0249 e. The first-order chi connectivity index (χ1) is 7.27. The van der Waals surface area contributed by atoms with Crippen molar-refractivity contribution in [2.45, 2.75) is 59.8 Å².